The molecular weight excluding hydrogens is 286 g/mol. The molecule has 3 nitrogen and oxygen atoms in total. The standard InChI is InChI=1S/C17H22ClNO2/c1-11(20)19-15-10-17(12-5-4-6-13(18)9-12)21-16-8-3-2-7-14(15)16/h4-6,9,14-17H,2-3,7-8,10H2,1H3,(H,19,20)/t14-,15+,16+,17+/m0/s1. The Morgan fingerprint density at radius 2 is 2.14 bits per heavy atom. The molecule has 1 aliphatic carbocycles. The lowest BCUT2D eigenvalue weighted by molar-refractivity contribution is -0.131. The summed E-state index contributed by atoms with van der Waals surface area (Å²) in [6.45, 7) is 1.60. The molecule has 2 aliphatic rings. The summed E-state index contributed by atoms with van der Waals surface area (Å²) < 4.78 is 6.33. The molecule has 1 aromatic rings. The number of ether oxygens (including phenoxy) is 1. The summed E-state index contributed by atoms with van der Waals surface area (Å²) in [7, 11) is 0. The van der Waals surface area contributed by atoms with Gasteiger partial charge in [-0.15, -0.1) is 0 Å². The number of carbonyl (C=O) groups is 1. The first-order chi connectivity index (χ1) is 10.1. The molecule has 0 aromatic heterocycles. The van der Waals surface area contributed by atoms with Crippen LogP contribution in [0.25, 0.3) is 0 Å². The summed E-state index contributed by atoms with van der Waals surface area (Å²) in [5.41, 5.74) is 1.11. The zero-order chi connectivity index (χ0) is 14.8. The highest BCUT2D eigenvalue weighted by Crippen LogP contribution is 2.41. The van der Waals surface area contributed by atoms with Crippen LogP contribution in [-0.4, -0.2) is 18.1 Å². The van der Waals surface area contributed by atoms with Crippen molar-refractivity contribution in [3.63, 3.8) is 0 Å². The predicted octanol–water partition coefficient (Wildman–Crippen LogP) is 3.86. The summed E-state index contributed by atoms with van der Waals surface area (Å²) in [6.07, 6.45) is 5.82. The first kappa shape index (κ1) is 14.9. The van der Waals surface area contributed by atoms with E-state index in [-0.39, 0.29) is 24.2 Å². The second-order valence-corrected chi connectivity index (χ2v) is 6.65. The van der Waals surface area contributed by atoms with E-state index < -0.39 is 0 Å². The van der Waals surface area contributed by atoms with Gasteiger partial charge >= 0.3 is 0 Å². The number of amides is 1. The number of fused-ring (bicyclic) bond motifs is 1. The van der Waals surface area contributed by atoms with Gasteiger partial charge in [0.2, 0.25) is 5.91 Å². The van der Waals surface area contributed by atoms with E-state index in [1.54, 1.807) is 6.92 Å². The van der Waals surface area contributed by atoms with Crippen LogP contribution in [0.1, 0.15) is 50.7 Å². The van der Waals surface area contributed by atoms with Crippen LogP contribution in [0.15, 0.2) is 24.3 Å². The molecule has 0 radical (unpaired) electrons. The first-order valence-electron chi connectivity index (χ1n) is 7.81. The second-order valence-electron chi connectivity index (χ2n) is 6.21. The van der Waals surface area contributed by atoms with Crippen molar-refractivity contribution < 1.29 is 9.53 Å². The summed E-state index contributed by atoms with van der Waals surface area (Å²) in [5, 5.41) is 3.88. The van der Waals surface area contributed by atoms with Gasteiger partial charge in [0, 0.05) is 23.9 Å². The van der Waals surface area contributed by atoms with Crippen molar-refractivity contribution in [1.82, 2.24) is 5.32 Å². The Labute approximate surface area is 131 Å². The summed E-state index contributed by atoms with van der Waals surface area (Å²) in [6, 6.07) is 8.08. The van der Waals surface area contributed by atoms with Crippen LogP contribution in [0.4, 0.5) is 0 Å². The molecule has 0 unspecified atom stereocenters. The van der Waals surface area contributed by atoms with Gasteiger partial charge in [0.05, 0.1) is 12.2 Å². The van der Waals surface area contributed by atoms with E-state index >= 15 is 0 Å². The second kappa shape index (κ2) is 6.37. The van der Waals surface area contributed by atoms with E-state index in [1.807, 2.05) is 18.2 Å². The maximum Gasteiger partial charge on any atom is 0.217 e. The fraction of sp³-hybridized carbons (Fsp3) is 0.588. The average Bonchev–Trinajstić information content (AvgIpc) is 2.46. The number of halogens is 1. The topological polar surface area (TPSA) is 38.3 Å². The molecule has 1 amide bonds. The zero-order valence-corrected chi connectivity index (χ0v) is 13.1. The monoisotopic (exact) mass is 307 g/mol. The summed E-state index contributed by atoms with van der Waals surface area (Å²) in [4.78, 5) is 11.5. The average molecular weight is 308 g/mol. The highest BCUT2D eigenvalue weighted by atomic mass is 35.5. The molecule has 0 bridgehead atoms. The number of carbonyl (C=O) groups excluding carboxylic acids is 1. The normalized spacial score (nSPS) is 32.3. The van der Waals surface area contributed by atoms with Gasteiger partial charge < -0.3 is 10.1 Å². The third kappa shape index (κ3) is 3.41. The van der Waals surface area contributed by atoms with Crippen molar-refractivity contribution in [2.24, 2.45) is 5.92 Å². The number of hydrogen-bond donors (Lipinski definition) is 1. The van der Waals surface area contributed by atoms with Crippen LogP contribution in [0, 0.1) is 5.92 Å². The minimum atomic E-state index is 0.0277. The highest BCUT2D eigenvalue weighted by molar-refractivity contribution is 6.30. The van der Waals surface area contributed by atoms with Crippen LogP contribution >= 0.6 is 11.6 Å². The van der Waals surface area contributed by atoms with Gasteiger partial charge in [-0.05, 0) is 37.0 Å². The fourth-order valence-corrected chi connectivity index (χ4v) is 3.97. The molecule has 4 atom stereocenters. The van der Waals surface area contributed by atoms with Crippen molar-refractivity contribution in [3.8, 4) is 0 Å². The van der Waals surface area contributed by atoms with E-state index in [4.69, 9.17) is 16.3 Å². The van der Waals surface area contributed by atoms with Gasteiger partial charge in [0.25, 0.3) is 0 Å². The molecule has 114 valence electrons. The van der Waals surface area contributed by atoms with Crippen molar-refractivity contribution in [1.29, 1.82) is 0 Å². The molecular formula is C17H22ClNO2. The summed E-state index contributed by atoms with van der Waals surface area (Å²) >= 11 is 6.10. The maximum absolute atomic E-state index is 11.5. The first-order valence-corrected chi connectivity index (χ1v) is 8.19. The largest absolute Gasteiger partial charge is 0.370 e. The van der Waals surface area contributed by atoms with Crippen LogP contribution in [0.2, 0.25) is 5.02 Å². The lowest BCUT2D eigenvalue weighted by Gasteiger charge is -2.45. The van der Waals surface area contributed by atoms with Crippen LogP contribution in [0.5, 0.6) is 0 Å². The van der Waals surface area contributed by atoms with Crippen molar-refractivity contribution >= 4 is 17.5 Å². The van der Waals surface area contributed by atoms with Crippen molar-refractivity contribution in [2.75, 3.05) is 0 Å². The lowest BCUT2D eigenvalue weighted by atomic mass is 9.76. The maximum atomic E-state index is 11.5. The molecule has 21 heavy (non-hydrogen) atoms. The molecule has 1 N–H and O–H groups in total. The quantitative estimate of drug-likeness (QED) is 0.901. The van der Waals surface area contributed by atoms with Gasteiger partial charge in [0.1, 0.15) is 0 Å². The van der Waals surface area contributed by atoms with E-state index in [2.05, 4.69) is 11.4 Å². The van der Waals surface area contributed by atoms with Crippen LogP contribution in [-0.2, 0) is 9.53 Å². The Morgan fingerprint density at radius 3 is 2.90 bits per heavy atom. The molecule has 2 fully saturated rings. The Bertz CT molecular complexity index is 519. The molecule has 1 saturated carbocycles. The Kier molecular flexibility index (Phi) is 4.51. The molecule has 1 heterocycles. The lowest BCUT2D eigenvalue weighted by Crippen LogP contribution is -2.50. The minimum Gasteiger partial charge on any atom is -0.370 e. The van der Waals surface area contributed by atoms with Crippen LogP contribution in [0.3, 0.4) is 0 Å². The molecule has 1 aliphatic heterocycles. The SMILES string of the molecule is CC(=O)N[C@@H]1C[C@H](c2cccc(Cl)c2)O[C@@H]2CCCC[C@@H]12. The number of benzene rings is 1. The predicted molar refractivity (Wildman–Crippen MR) is 83.2 cm³/mol. The molecule has 0 spiro atoms. The van der Waals surface area contributed by atoms with Crippen molar-refractivity contribution in [2.45, 2.75) is 57.3 Å². The fourth-order valence-electron chi connectivity index (χ4n) is 3.78. The van der Waals surface area contributed by atoms with Gasteiger partial charge in [-0.25, -0.2) is 0 Å². The van der Waals surface area contributed by atoms with E-state index in [0.717, 1.165) is 29.8 Å². The summed E-state index contributed by atoms with van der Waals surface area (Å²) in [5.74, 6) is 0.508. The van der Waals surface area contributed by atoms with Gasteiger partial charge in [-0.2, -0.15) is 0 Å². The number of rotatable bonds is 2. The minimum absolute atomic E-state index is 0.0277. The molecule has 1 saturated heterocycles. The van der Waals surface area contributed by atoms with Crippen molar-refractivity contribution in [3.05, 3.63) is 34.9 Å². The Balaban J connectivity index is 1.81. The zero-order valence-electron chi connectivity index (χ0n) is 12.3. The molecule has 3 rings (SSSR count). The molecule has 1 aromatic carbocycles. The third-order valence-corrected chi connectivity index (χ3v) is 4.92. The third-order valence-electron chi connectivity index (χ3n) is 4.69. The van der Waals surface area contributed by atoms with Crippen LogP contribution < -0.4 is 5.32 Å². The van der Waals surface area contributed by atoms with E-state index in [9.17, 15) is 4.79 Å². The van der Waals surface area contributed by atoms with Gasteiger partial charge in [-0.3, -0.25) is 4.79 Å². The Morgan fingerprint density at radius 1 is 1.33 bits per heavy atom. The van der Waals surface area contributed by atoms with E-state index in [0.29, 0.717) is 5.92 Å². The highest BCUT2D eigenvalue weighted by Gasteiger charge is 2.40. The van der Waals surface area contributed by atoms with E-state index in [1.165, 1.54) is 12.8 Å². The molecule has 4 heteroatoms. The van der Waals surface area contributed by atoms with Gasteiger partial charge in [-0.1, -0.05) is 36.6 Å². The Hall–Kier alpha value is -1.06. The number of hydrogen-bond acceptors (Lipinski definition) is 2. The van der Waals surface area contributed by atoms with Gasteiger partial charge in [0.15, 0.2) is 0 Å². The smallest absolute Gasteiger partial charge is 0.217 e. The number of nitrogens with one attached hydrogen (secondary N) is 1.